The molecule has 1 fully saturated rings. The van der Waals surface area contributed by atoms with Gasteiger partial charge in [0.05, 0.1) is 21.1 Å². The first-order valence-electron chi connectivity index (χ1n) is 6.57. The van der Waals surface area contributed by atoms with Crippen LogP contribution in [-0.2, 0) is 4.79 Å². The number of fused-ring (bicyclic) bond motifs is 1. The Kier molecular flexibility index (Phi) is 3.24. The summed E-state index contributed by atoms with van der Waals surface area (Å²) in [5.74, 6) is 0.00415. The fraction of sp³-hybridized carbons (Fsp3) is 0.429. The number of carbonyl (C=O) groups is 1. The van der Waals surface area contributed by atoms with Crippen LogP contribution in [-0.4, -0.2) is 16.9 Å². The second-order valence-electron chi connectivity index (χ2n) is 5.11. The molecule has 0 saturated heterocycles. The quantitative estimate of drug-likeness (QED) is 0.885. The topological polar surface area (TPSA) is 68.0 Å². The van der Waals surface area contributed by atoms with E-state index in [0.717, 1.165) is 40.2 Å². The van der Waals surface area contributed by atoms with Crippen LogP contribution in [0.15, 0.2) is 18.2 Å². The number of hydrogen-bond acceptors (Lipinski definition) is 4. The summed E-state index contributed by atoms with van der Waals surface area (Å²) in [5, 5.41) is 4.01. The van der Waals surface area contributed by atoms with Crippen LogP contribution in [0.25, 0.3) is 10.2 Å². The van der Waals surface area contributed by atoms with Crippen LogP contribution in [0.5, 0.6) is 0 Å². The van der Waals surface area contributed by atoms with Crippen LogP contribution >= 0.6 is 11.3 Å². The van der Waals surface area contributed by atoms with Crippen molar-refractivity contribution in [1.29, 1.82) is 0 Å². The minimum Gasteiger partial charge on any atom is -0.327 e. The zero-order valence-electron chi connectivity index (χ0n) is 10.8. The molecule has 5 heteroatoms. The normalized spacial score (nSPS) is 22.8. The highest BCUT2D eigenvalue weighted by atomic mass is 32.1. The Labute approximate surface area is 116 Å². The van der Waals surface area contributed by atoms with Gasteiger partial charge in [0.15, 0.2) is 0 Å². The Morgan fingerprint density at radius 1 is 1.47 bits per heavy atom. The second-order valence-corrected chi connectivity index (χ2v) is 6.34. The molecule has 0 spiro atoms. The van der Waals surface area contributed by atoms with Crippen molar-refractivity contribution in [2.24, 2.45) is 11.7 Å². The van der Waals surface area contributed by atoms with E-state index in [1.165, 1.54) is 0 Å². The molecular formula is C14H17N3OS. The van der Waals surface area contributed by atoms with Crippen LogP contribution in [0.2, 0.25) is 0 Å². The zero-order chi connectivity index (χ0) is 13.4. The fourth-order valence-electron chi connectivity index (χ4n) is 2.67. The Balaban J connectivity index is 1.79. The van der Waals surface area contributed by atoms with Crippen LogP contribution in [0.3, 0.4) is 0 Å². The van der Waals surface area contributed by atoms with Gasteiger partial charge in [-0.15, -0.1) is 11.3 Å². The average Bonchev–Trinajstić information content (AvgIpc) is 2.93. The standard InChI is InChI=1S/C14H17N3OS/c1-8-16-12-6-5-9(7-13(12)19-8)17-14(18)10-3-2-4-11(10)15/h5-7,10-11H,2-4,15H2,1H3,(H,17,18). The first kappa shape index (κ1) is 12.6. The molecule has 2 atom stereocenters. The second kappa shape index (κ2) is 4.90. The van der Waals surface area contributed by atoms with E-state index in [1.807, 2.05) is 25.1 Å². The molecule has 0 bridgehead atoms. The number of thiazole rings is 1. The molecule has 0 radical (unpaired) electrons. The van der Waals surface area contributed by atoms with E-state index in [-0.39, 0.29) is 17.9 Å². The van der Waals surface area contributed by atoms with Crippen molar-refractivity contribution in [1.82, 2.24) is 4.98 Å². The van der Waals surface area contributed by atoms with E-state index in [9.17, 15) is 4.79 Å². The highest BCUT2D eigenvalue weighted by Gasteiger charge is 2.30. The van der Waals surface area contributed by atoms with Gasteiger partial charge in [0.25, 0.3) is 0 Å². The number of aromatic nitrogens is 1. The molecule has 1 aliphatic carbocycles. The van der Waals surface area contributed by atoms with Gasteiger partial charge in [-0.25, -0.2) is 4.98 Å². The summed E-state index contributed by atoms with van der Waals surface area (Å²) >= 11 is 1.64. The molecule has 0 aliphatic heterocycles. The summed E-state index contributed by atoms with van der Waals surface area (Å²) in [6.45, 7) is 1.99. The minimum absolute atomic E-state index is 0.00869. The number of amides is 1. The van der Waals surface area contributed by atoms with Gasteiger partial charge in [0.2, 0.25) is 5.91 Å². The van der Waals surface area contributed by atoms with Crippen LogP contribution in [0.1, 0.15) is 24.3 Å². The Hall–Kier alpha value is -1.46. The number of hydrogen-bond donors (Lipinski definition) is 2. The van der Waals surface area contributed by atoms with Crippen molar-refractivity contribution < 1.29 is 4.79 Å². The number of rotatable bonds is 2. The summed E-state index contributed by atoms with van der Waals surface area (Å²) < 4.78 is 1.10. The van der Waals surface area contributed by atoms with E-state index in [2.05, 4.69) is 10.3 Å². The Bertz CT molecular complexity index is 622. The maximum atomic E-state index is 12.2. The van der Waals surface area contributed by atoms with Crippen molar-refractivity contribution in [2.75, 3.05) is 5.32 Å². The van der Waals surface area contributed by atoms with Gasteiger partial charge in [0.1, 0.15) is 0 Å². The summed E-state index contributed by atoms with van der Waals surface area (Å²) in [6, 6.07) is 5.84. The molecule has 1 heterocycles. The molecule has 3 N–H and O–H groups in total. The van der Waals surface area contributed by atoms with Gasteiger partial charge in [-0.05, 0) is 38.0 Å². The third-order valence-electron chi connectivity index (χ3n) is 3.67. The molecule has 2 aromatic rings. The van der Waals surface area contributed by atoms with Gasteiger partial charge in [-0.3, -0.25) is 4.79 Å². The lowest BCUT2D eigenvalue weighted by atomic mass is 10.0. The Morgan fingerprint density at radius 3 is 3.05 bits per heavy atom. The molecule has 1 aromatic carbocycles. The highest BCUT2D eigenvalue weighted by Crippen LogP contribution is 2.27. The molecular weight excluding hydrogens is 258 g/mol. The zero-order valence-corrected chi connectivity index (χ0v) is 11.7. The van der Waals surface area contributed by atoms with Gasteiger partial charge < -0.3 is 11.1 Å². The number of anilines is 1. The lowest BCUT2D eigenvalue weighted by molar-refractivity contribution is -0.120. The van der Waals surface area contributed by atoms with E-state index in [4.69, 9.17) is 5.73 Å². The molecule has 100 valence electrons. The minimum atomic E-state index is -0.0427. The van der Waals surface area contributed by atoms with Crippen molar-refractivity contribution in [3.05, 3.63) is 23.2 Å². The fourth-order valence-corrected chi connectivity index (χ4v) is 3.53. The summed E-state index contributed by atoms with van der Waals surface area (Å²) in [5.41, 5.74) is 7.78. The number of aryl methyl sites for hydroxylation is 1. The number of carbonyl (C=O) groups excluding carboxylic acids is 1. The monoisotopic (exact) mass is 275 g/mol. The molecule has 1 aliphatic rings. The van der Waals surface area contributed by atoms with Crippen LogP contribution in [0.4, 0.5) is 5.69 Å². The van der Waals surface area contributed by atoms with E-state index >= 15 is 0 Å². The van der Waals surface area contributed by atoms with Crippen molar-refractivity contribution in [2.45, 2.75) is 32.2 Å². The highest BCUT2D eigenvalue weighted by molar-refractivity contribution is 7.18. The maximum absolute atomic E-state index is 12.2. The van der Waals surface area contributed by atoms with Crippen molar-refractivity contribution in [3.8, 4) is 0 Å². The third-order valence-corrected chi connectivity index (χ3v) is 4.60. The largest absolute Gasteiger partial charge is 0.327 e. The number of nitrogens with two attached hydrogens (primary N) is 1. The van der Waals surface area contributed by atoms with E-state index < -0.39 is 0 Å². The van der Waals surface area contributed by atoms with Gasteiger partial charge in [-0.2, -0.15) is 0 Å². The first-order valence-corrected chi connectivity index (χ1v) is 7.39. The van der Waals surface area contributed by atoms with Gasteiger partial charge >= 0.3 is 0 Å². The molecule has 19 heavy (non-hydrogen) atoms. The van der Waals surface area contributed by atoms with Crippen molar-refractivity contribution >= 4 is 33.1 Å². The predicted octanol–water partition coefficient (Wildman–Crippen LogP) is 2.67. The number of nitrogens with one attached hydrogen (secondary N) is 1. The van der Waals surface area contributed by atoms with Crippen LogP contribution in [0, 0.1) is 12.8 Å². The molecule has 1 aromatic heterocycles. The number of nitrogens with zero attached hydrogens (tertiary/aromatic N) is 1. The lowest BCUT2D eigenvalue weighted by Gasteiger charge is -2.15. The van der Waals surface area contributed by atoms with Crippen molar-refractivity contribution in [3.63, 3.8) is 0 Å². The molecule has 3 rings (SSSR count). The van der Waals surface area contributed by atoms with Crippen LogP contribution < -0.4 is 11.1 Å². The molecule has 2 unspecified atom stereocenters. The van der Waals surface area contributed by atoms with Gasteiger partial charge in [-0.1, -0.05) is 6.42 Å². The molecule has 4 nitrogen and oxygen atoms in total. The third kappa shape index (κ3) is 2.48. The average molecular weight is 275 g/mol. The lowest BCUT2D eigenvalue weighted by Crippen LogP contribution is -2.34. The number of benzene rings is 1. The van der Waals surface area contributed by atoms with E-state index in [0.29, 0.717) is 0 Å². The van der Waals surface area contributed by atoms with E-state index in [1.54, 1.807) is 11.3 Å². The SMILES string of the molecule is Cc1nc2ccc(NC(=O)C3CCCC3N)cc2s1. The first-order chi connectivity index (χ1) is 9.13. The molecule has 1 saturated carbocycles. The summed E-state index contributed by atoms with van der Waals surface area (Å²) in [6.07, 6.45) is 2.90. The Morgan fingerprint density at radius 2 is 2.32 bits per heavy atom. The molecule has 1 amide bonds. The van der Waals surface area contributed by atoms with Gasteiger partial charge in [0, 0.05) is 11.7 Å². The summed E-state index contributed by atoms with van der Waals surface area (Å²) in [7, 11) is 0. The summed E-state index contributed by atoms with van der Waals surface area (Å²) in [4.78, 5) is 16.6. The maximum Gasteiger partial charge on any atom is 0.229 e. The smallest absolute Gasteiger partial charge is 0.229 e. The predicted molar refractivity (Wildman–Crippen MR) is 78.3 cm³/mol.